The first-order valence-corrected chi connectivity index (χ1v) is 11.6. The van der Waals surface area contributed by atoms with Crippen LogP contribution in [0.15, 0.2) is 60.2 Å². The lowest BCUT2D eigenvalue weighted by Gasteiger charge is -2.17. The highest BCUT2D eigenvalue weighted by Crippen LogP contribution is 2.29. The summed E-state index contributed by atoms with van der Waals surface area (Å²) in [6, 6.07) is 12.8. The van der Waals surface area contributed by atoms with Crippen LogP contribution in [0, 0.1) is 0 Å². The van der Waals surface area contributed by atoms with E-state index in [9.17, 15) is 13.2 Å². The second kappa shape index (κ2) is 6.78. The van der Waals surface area contributed by atoms with Crippen molar-refractivity contribution in [2.45, 2.75) is 6.42 Å². The van der Waals surface area contributed by atoms with Crippen LogP contribution in [-0.2, 0) is 10.0 Å². The highest BCUT2D eigenvalue weighted by atomic mass is 32.2. The molecule has 0 amide bonds. The number of benzene rings is 1. The molecule has 1 aliphatic heterocycles. The van der Waals surface area contributed by atoms with Crippen LogP contribution >= 0.6 is 11.3 Å². The van der Waals surface area contributed by atoms with Crippen LogP contribution < -0.4 is 4.31 Å². The molecule has 0 radical (unpaired) electrons. The number of carbonyl (C=O) groups excluding carboxylic acids is 1. The molecule has 0 N–H and O–H groups in total. The predicted molar refractivity (Wildman–Crippen MR) is 112 cm³/mol. The highest BCUT2D eigenvalue weighted by molar-refractivity contribution is 7.93. The summed E-state index contributed by atoms with van der Waals surface area (Å²) < 4.78 is 27.6. The zero-order valence-electron chi connectivity index (χ0n) is 15.2. The summed E-state index contributed by atoms with van der Waals surface area (Å²) in [6.07, 6.45) is 3.79. The molecule has 0 bridgehead atoms. The lowest BCUT2D eigenvalue weighted by atomic mass is 10.1. The van der Waals surface area contributed by atoms with Crippen molar-refractivity contribution in [1.29, 1.82) is 0 Å². The van der Waals surface area contributed by atoms with Gasteiger partial charge < -0.3 is 0 Å². The minimum Gasteiger partial charge on any atom is -0.287 e. The smallest absolute Gasteiger partial charge is 0.235 e. The van der Waals surface area contributed by atoms with Gasteiger partial charge in [-0.1, -0.05) is 18.2 Å². The average Bonchev–Trinajstić information content (AvgIpc) is 3.46. The van der Waals surface area contributed by atoms with Gasteiger partial charge in [-0.2, -0.15) is 5.10 Å². The fourth-order valence-corrected chi connectivity index (χ4v) is 5.79. The van der Waals surface area contributed by atoms with Crippen LogP contribution in [0.2, 0.25) is 0 Å². The SMILES string of the molecule is O=C(c1cccs1)c1cnn2c(-c3cccc(N4CCCS4(=O)=O)c3)ccnc12. The van der Waals surface area contributed by atoms with Gasteiger partial charge in [0, 0.05) is 18.3 Å². The zero-order chi connectivity index (χ0) is 20.0. The molecule has 0 saturated carbocycles. The van der Waals surface area contributed by atoms with Crippen molar-refractivity contribution >= 4 is 38.5 Å². The molecule has 5 rings (SSSR count). The van der Waals surface area contributed by atoms with Crippen LogP contribution in [0.4, 0.5) is 5.69 Å². The first-order valence-electron chi connectivity index (χ1n) is 9.06. The van der Waals surface area contributed by atoms with Gasteiger partial charge in [-0.3, -0.25) is 9.10 Å². The quantitative estimate of drug-likeness (QED) is 0.470. The Kier molecular flexibility index (Phi) is 4.21. The molecule has 9 heteroatoms. The zero-order valence-corrected chi connectivity index (χ0v) is 16.9. The monoisotopic (exact) mass is 424 g/mol. The largest absolute Gasteiger partial charge is 0.287 e. The number of rotatable bonds is 4. The molecule has 146 valence electrons. The molecule has 0 aliphatic carbocycles. The van der Waals surface area contributed by atoms with E-state index in [4.69, 9.17) is 0 Å². The first kappa shape index (κ1) is 18.0. The highest BCUT2D eigenvalue weighted by Gasteiger charge is 2.28. The lowest BCUT2D eigenvalue weighted by molar-refractivity contribution is 0.104. The standard InChI is InChI=1S/C20H16N4O3S2/c25-19(18-6-2-10-28-18)16-13-22-24-17(7-8-21-20(16)24)14-4-1-5-15(12-14)23-9-3-11-29(23,26)27/h1-2,4-8,10,12-13H,3,9,11H2. The van der Waals surface area contributed by atoms with E-state index >= 15 is 0 Å². The molecule has 7 nitrogen and oxygen atoms in total. The molecule has 1 aromatic carbocycles. The number of thiophene rings is 1. The second-order valence-electron chi connectivity index (χ2n) is 6.72. The molecular weight excluding hydrogens is 408 g/mol. The minimum absolute atomic E-state index is 0.114. The van der Waals surface area contributed by atoms with Crippen molar-refractivity contribution in [3.63, 3.8) is 0 Å². The van der Waals surface area contributed by atoms with E-state index in [-0.39, 0.29) is 11.5 Å². The summed E-state index contributed by atoms with van der Waals surface area (Å²) in [6.45, 7) is 0.485. The number of hydrogen-bond donors (Lipinski definition) is 0. The van der Waals surface area contributed by atoms with Gasteiger partial charge in [0.05, 0.1) is 33.8 Å². The Hall–Kier alpha value is -3.04. The summed E-state index contributed by atoms with van der Waals surface area (Å²) >= 11 is 1.38. The molecule has 0 atom stereocenters. The summed E-state index contributed by atoms with van der Waals surface area (Å²) in [4.78, 5) is 17.8. The maximum Gasteiger partial charge on any atom is 0.235 e. The van der Waals surface area contributed by atoms with Gasteiger partial charge >= 0.3 is 0 Å². The number of aromatic nitrogens is 3. The van der Waals surface area contributed by atoms with E-state index < -0.39 is 10.0 Å². The minimum atomic E-state index is -3.26. The van der Waals surface area contributed by atoms with Crippen LogP contribution in [-0.4, -0.2) is 41.1 Å². The van der Waals surface area contributed by atoms with Crippen molar-refractivity contribution in [2.75, 3.05) is 16.6 Å². The Balaban J connectivity index is 1.60. The Labute approximate surface area is 171 Å². The van der Waals surface area contributed by atoms with Crippen LogP contribution in [0.5, 0.6) is 0 Å². The molecule has 1 aliphatic rings. The first-order chi connectivity index (χ1) is 14.0. The molecule has 29 heavy (non-hydrogen) atoms. The van der Waals surface area contributed by atoms with Crippen molar-refractivity contribution < 1.29 is 13.2 Å². The molecule has 1 fully saturated rings. The van der Waals surface area contributed by atoms with Gasteiger partial charge in [0.1, 0.15) is 0 Å². The summed E-state index contributed by atoms with van der Waals surface area (Å²) in [5.74, 6) is 0.0564. The maximum atomic E-state index is 12.8. The normalized spacial score (nSPS) is 15.8. The third-order valence-electron chi connectivity index (χ3n) is 4.92. The van der Waals surface area contributed by atoms with Gasteiger partial charge in [-0.05, 0) is 36.1 Å². The fraction of sp³-hybridized carbons (Fsp3) is 0.150. The number of hydrogen-bond acceptors (Lipinski definition) is 6. The van der Waals surface area contributed by atoms with Crippen LogP contribution in [0.3, 0.4) is 0 Å². The third-order valence-corrected chi connectivity index (χ3v) is 7.66. The number of anilines is 1. The fourth-order valence-electron chi connectivity index (χ4n) is 3.56. The summed E-state index contributed by atoms with van der Waals surface area (Å²) in [7, 11) is -3.26. The van der Waals surface area contributed by atoms with E-state index in [1.807, 2.05) is 29.6 Å². The second-order valence-corrected chi connectivity index (χ2v) is 9.68. The lowest BCUT2D eigenvalue weighted by Crippen LogP contribution is -2.24. The number of nitrogens with zero attached hydrogens (tertiary/aromatic N) is 4. The predicted octanol–water partition coefficient (Wildman–Crippen LogP) is 3.23. The molecule has 0 spiro atoms. The van der Waals surface area contributed by atoms with Crippen LogP contribution in [0.1, 0.15) is 21.7 Å². The molecule has 1 saturated heterocycles. The Morgan fingerprint density at radius 1 is 1.14 bits per heavy atom. The summed E-state index contributed by atoms with van der Waals surface area (Å²) in [5.41, 5.74) is 3.08. The van der Waals surface area contributed by atoms with Crippen molar-refractivity contribution in [3.05, 3.63) is 70.7 Å². The van der Waals surface area contributed by atoms with E-state index in [1.165, 1.54) is 21.8 Å². The van der Waals surface area contributed by atoms with Gasteiger partial charge in [0.25, 0.3) is 0 Å². The molecule has 4 aromatic rings. The average molecular weight is 425 g/mol. The van der Waals surface area contributed by atoms with Gasteiger partial charge in [0.2, 0.25) is 15.8 Å². The molecule has 3 aromatic heterocycles. The molecule has 4 heterocycles. The topological polar surface area (TPSA) is 84.6 Å². The molecule has 0 unspecified atom stereocenters. The summed E-state index contributed by atoms with van der Waals surface area (Å²) in [5, 5.41) is 6.24. The van der Waals surface area contributed by atoms with Crippen molar-refractivity contribution in [3.8, 4) is 11.3 Å². The van der Waals surface area contributed by atoms with Crippen molar-refractivity contribution in [2.24, 2.45) is 0 Å². The van der Waals surface area contributed by atoms with E-state index in [1.54, 1.807) is 28.9 Å². The number of carbonyl (C=O) groups is 1. The third kappa shape index (κ3) is 3.02. The van der Waals surface area contributed by atoms with E-state index in [0.29, 0.717) is 34.7 Å². The van der Waals surface area contributed by atoms with Crippen molar-refractivity contribution in [1.82, 2.24) is 14.6 Å². The van der Waals surface area contributed by atoms with Gasteiger partial charge in [0.15, 0.2) is 5.65 Å². The maximum absolute atomic E-state index is 12.8. The van der Waals surface area contributed by atoms with Gasteiger partial charge in [-0.25, -0.2) is 17.9 Å². The number of ketones is 1. The van der Waals surface area contributed by atoms with Gasteiger partial charge in [-0.15, -0.1) is 11.3 Å². The van der Waals surface area contributed by atoms with Crippen LogP contribution in [0.25, 0.3) is 16.9 Å². The Morgan fingerprint density at radius 3 is 2.79 bits per heavy atom. The number of fused-ring (bicyclic) bond motifs is 1. The molecular formula is C20H16N4O3S2. The number of sulfonamides is 1. The Bertz CT molecular complexity index is 1330. The van der Waals surface area contributed by atoms with E-state index in [0.717, 1.165) is 11.3 Å². The Morgan fingerprint density at radius 2 is 2.03 bits per heavy atom. The van der Waals surface area contributed by atoms with E-state index in [2.05, 4.69) is 10.1 Å².